The number of halogens is 1. The lowest BCUT2D eigenvalue weighted by molar-refractivity contribution is -0.122. The molecule has 146 valence electrons. The maximum Gasteiger partial charge on any atom is 0.261 e. The highest BCUT2D eigenvalue weighted by molar-refractivity contribution is 9.10. The first kappa shape index (κ1) is 20.0. The number of hydrogen-bond acceptors (Lipinski definition) is 5. The Kier molecular flexibility index (Phi) is 5.97. The van der Waals surface area contributed by atoms with Crippen LogP contribution in [0.1, 0.15) is 12.8 Å². The Hall–Kier alpha value is -1.78. The molecule has 2 aromatic rings. The molecule has 1 aliphatic heterocycles. The smallest absolute Gasteiger partial charge is 0.261 e. The van der Waals surface area contributed by atoms with Gasteiger partial charge in [-0.25, -0.2) is 17.7 Å². The third-order valence-corrected chi connectivity index (χ3v) is 6.53. The fourth-order valence-corrected chi connectivity index (χ4v) is 4.39. The predicted octanol–water partition coefficient (Wildman–Crippen LogP) is 0.947. The van der Waals surface area contributed by atoms with E-state index in [0.29, 0.717) is 43.4 Å². The molecule has 0 radical (unpaired) electrons. The second kappa shape index (κ2) is 8.07. The first-order valence-corrected chi connectivity index (χ1v) is 11.2. The van der Waals surface area contributed by atoms with E-state index in [1.54, 1.807) is 18.2 Å². The van der Waals surface area contributed by atoms with E-state index in [2.05, 4.69) is 26.2 Å². The Morgan fingerprint density at radius 1 is 1.33 bits per heavy atom. The minimum atomic E-state index is -3.15. The predicted molar refractivity (Wildman–Crippen MR) is 106 cm³/mol. The largest absolute Gasteiger partial charge is 0.354 e. The van der Waals surface area contributed by atoms with Crippen molar-refractivity contribution in [1.82, 2.24) is 19.2 Å². The van der Waals surface area contributed by atoms with Crippen LogP contribution in [0, 0.1) is 5.92 Å². The van der Waals surface area contributed by atoms with Gasteiger partial charge < -0.3 is 5.32 Å². The normalized spacial score (nSPS) is 16.5. The molecule has 1 N–H and O–H groups in total. The van der Waals surface area contributed by atoms with Crippen molar-refractivity contribution in [3.63, 3.8) is 0 Å². The van der Waals surface area contributed by atoms with Crippen molar-refractivity contribution in [2.24, 2.45) is 5.92 Å². The van der Waals surface area contributed by atoms with E-state index in [-0.39, 0.29) is 23.9 Å². The van der Waals surface area contributed by atoms with Gasteiger partial charge in [0.05, 0.1) is 23.5 Å². The molecule has 2 heterocycles. The van der Waals surface area contributed by atoms with Gasteiger partial charge in [-0.1, -0.05) is 15.9 Å². The quantitative estimate of drug-likeness (QED) is 0.721. The van der Waals surface area contributed by atoms with Crippen LogP contribution in [0.3, 0.4) is 0 Å². The summed E-state index contributed by atoms with van der Waals surface area (Å²) < 4.78 is 26.6. The first-order chi connectivity index (χ1) is 12.7. The summed E-state index contributed by atoms with van der Waals surface area (Å²) in [7, 11) is -3.15. The second-order valence-electron chi connectivity index (χ2n) is 6.75. The van der Waals surface area contributed by atoms with Crippen molar-refractivity contribution in [2.45, 2.75) is 19.4 Å². The number of hydrogen-bond donors (Lipinski definition) is 1. The maximum atomic E-state index is 12.5. The van der Waals surface area contributed by atoms with Gasteiger partial charge in [-0.15, -0.1) is 0 Å². The highest BCUT2D eigenvalue weighted by atomic mass is 79.9. The lowest BCUT2D eigenvalue weighted by Crippen LogP contribution is -2.42. The number of aromatic nitrogens is 2. The van der Waals surface area contributed by atoms with Crippen LogP contribution in [0.15, 0.2) is 33.8 Å². The zero-order valence-electron chi connectivity index (χ0n) is 14.9. The van der Waals surface area contributed by atoms with Gasteiger partial charge in [0.2, 0.25) is 15.9 Å². The van der Waals surface area contributed by atoms with Crippen molar-refractivity contribution in [1.29, 1.82) is 0 Å². The van der Waals surface area contributed by atoms with Crippen molar-refractivity contribution in [3.05, 3.63) is 39.4 Å². The van der Waals surface area contributed by atoms with E-state index in [1.165, 1.54) is 21.5 Å². The topological polar surface area (TPSA) is 101 Å². The number of fused-ring (bicyclic) bond motifs is 1. The van der Waals surface area contributed by atoms with E-state index < -0.39 is 10.0 Å². The molecule has 0 bridgehead atoms. The molecule has 1 saturated heterocycles. The van der Waals surface area contributed by atoms with Crippen LogP contribution in [0.4, 0.5) is 0 Å². The van der Waals surface area contributed by atoms with Gasteiger partial charge in [0.25, 0.3) is 5.56 Å². The number of piperidine rings is 1. The van der Waals surface area contributed by atoms with E-state index >= 15 is 0 Å². The van der Waals surface area contributed by atoms with Crippen LogP contribution >= 0.6 is 15.9 Å². The molecule has 1 aromatic heterocycles. The number of amides is 1. The van der Waals surface area contributed by atoms with Crippen molar-refractivity contribution in [2.75, 3.05) is 25.9 Å². The number of carbonyl (C=O) groups is 1. The van der Waals surface area contributed by atoms with Crippen LogP contribution in [0.25, 0.3) is 10.9 Å². The molecule has 0 unspecified atom stereocenters. The highest BCUT2D eigenvalue weighted by Gasteiger charge is 2.25. The van der Waals surface area contributed by atoms with Gasteiger partial charge in [-0.2, -0.15) is 0 Å². The Labute approximate surface area is 165 Å². The molecule has 1 amide bonds. The van der Waals surface area contributed by atoms with Crippen molar-refractivity contribution >= 4 is 42.8 Å². The maximum absolute atomic E-state index is 12.5. The second-order valence-corrected chi connectivity index (χ2v) is 9.65. The highest BCUT2D eigenvalue weighted by Crippen LogP contribution is 2.18. The number of benzene rings is 1. The van der Waals surface area contributed by atoms with Crippen LogP contribution in [0.5, 0.6) is 0 Å². The van der Waals surface area contributed by atoms with Gasteiger partial charge in [0.1, 0.15) is 6.54 Å². The number of nitrogens with zero attached hydrogens (tertiary/aromatic N) is 3. The standard InChI is InChI=1S/C17H21BrN4O4S/c1-27(25,26)22-6-4-12(5-7-22)9-19-16(23)10-21-11-20-15-3-2-13(18)8-14(15)17(21)24/h2-3,8,11-12H,4-7,9-10H2,1H3,(H,19,23). The Bertz CT molecular complexity index is 1010. The Morgan fingerprint density at radius 3 is 2.70 bits per heavy atom. The third kappa shape index (κ3) is 4.94. The van der Waals surface area contributed by atoms with Gasteiger partial charge in [-0.05, 0) is 37.0 Å². The van der Waals surface area contributed by atoms with Crippen LogP contribution < -0.4 is 10.9 Å². The molecule has 0 saturated carbocycles. The summed E-state index contributed by atoms with van der Waals surface area (Å²) in [6, 6.07) is 5.24. The molecule has 8 nitrogen and oxygen atoms in total. The fourth-order valence-electron chi connectivity index (χ4n) is 3.16. The Morgan fingerprint density at radius 2 is 2.04 bits per heavy atom. The van der Waals surface area contributed by atoms with Gasteiger partial charge >= 0.3 is 0 Å². The van der Waals surface area contributed by atoms with Gasteiger partial charge in [-0.3, -0.25) is 14.2 Å². The van der Waals surface area contributed by atoms with E-state index in [0.717, 1.165) is 4.47 Å². The zero-order valence-corrected chi connectivity index (χ0v) is 17.3. The summed E-state index contributed by atoms with van der Waals surface area (Å²) in [6.07, 6.45) is 4.00. The first-order valence-electron chi connectivity index (χ1n) is 8.60. The molecule has 1 aliphatic rings. The molecule has 0 aliphatic carbocycles. The molecular formula is C17H21BrN4O4S. The Balaban J connectivity index is 1.57. The van der Waals surface area contributed by atoms with E-state index in [4.69, 9.17) is 0 Å². The summed E-state index contributed by atoms with van der Waals surface area (Å²) in [4.78, 5) is 28.9. The number of carbonyl (C=O) groups excluding carboxylic acids is 1. The number of sulfonamides is 1. The van der Waals surface area contributed by atoms with Crippen LogP contribution in [-0.2, 0) is 21.4 Å². The van der Waals surface area contributed by atoms with Crippen molar-refractivity contribution < 1.29 is 13.2 Å². The molecule has 3 rings (SSSR count). The summed E-state index contributed by atoms with van der Waals surface area (Å²) >= 11 is 3.33. The van der Waals surface area contributed by atoms with Crippen molar-refractivity contribution in [3.8, 4) is 0 Å². The minimum absolute atomic E-state index is 0.101. The van der Waals surface area contributed by atoms with Crippen LogP contribution in [-0.4, -0.2) is 54.1 Å². The average molecular weight is 457 g/mol. The molecule has 10 heteroatoms. The molecule has 0 atom stereocenters. The lowest BCUT2D eigenvalue weighted by atomic mass is 9.98. The summed E-state index contributed by atoms with van der Waals surface area (Å²) in [6.45, 7) is 1.32. The molecule has 1 aromatic carbocycles. The number of nitrogens with one attached hydrogen (secondary N) is 1. The summed E-state index contributed by atoms with van der Waals surface area (Å²) in [5.74, 6) is -0.0341. The van der Waals surface area contributed by atoms with Crippen LogP contribution in [0.2, 0.25) is 0 Å². The lowest BCUT2D eigenvalue weighted by Gasteiger charge is -2.30. The SMILES string of the molecule is CS(=O)(=O)N1CCC(CNC(=O)Cn2cnc3ccc(Br)cc3c2=O)CC1. The molecule has 27 heavy (non-hydrogen) atoms. The minimum Gasteiger partial charge on any atom is -0.354 e. The van der Waals surface area contributed by atoms with Gasteiger partial charge in [0.15, 0.2) is 0 Å². The molecule has 0 spiro atoms. The zero-order chi connectivity index (χ0) is 19.6. The summed E-state index contributed by atoms with van der Waals surface area (Å²) in [5.41, 5.74) is 0.315. The fraction of sp³-hybridized carbons (Fsp3) is 0.471. The van der Waals surface area contributed by atoms with Gasteiger partial charge in [0, 0.05) is 24.1 Å². The van der Waals surface area contributed by atoms with E-state index in [1.807, 2.05) is 0 Å². The average Bonchev–Trinajstić information content (AvgIpc) is 2.62. The molecule has 1 fully saturated rings. The number of rotatable bonds is 5. The summed E-state index contributed by atoms with van der Waals surface area (Å²) in [5, 5.41) is 3.29. The molecular weight excluding hydrogens is 436 g/mol. The third-order valence-electron chi connectivity index (χ3n) is 4.73. The monoisotopic (exact) mass is 456 g/mol. The van der Waals surface area contributed by atoms with E-state index in [9.17, 15) is 18.0 Å².